The van der Waals surface area contributed by atoms with E-state index in [2.05, 4.69) is 47.7 Å². The predicted octanol–water partition coefficient (Wildman–Crippen LogP) is 4.84. The number of ether oxygens (including phenoxy) is 2. The van der Waals surface area contributed by atoms with Crippen LogP contribution in [0.25, 0.3) is 11.4 Å². The maximum Gasteiger partial charge on any atom is 0.339 e. The van der Waals surface area contributed by atoms with Crippen LogP contribution < -0.4 is 5.32 Å². The van der Waals surface area contributed by atoms with Crippen molar-refractivity contribution in [3.63, 3.8) is 0 Å². The van der Waals surface area contributed by atoms with Gasteiger partial charge in [-0.05, 0) is 36.6 Å². The molecule has 9 nitrogen and oxygen atoms in total. The normalized spacial score (nSPS) is 10.9. The number of carbonyl (C=O) groups is 3. The molecule has 11 heteroatoms. The molecule has 0 aliphatic carbocycles. The number of nitrogens with zero attached hydrogens (tertiary/aromatic N) is 3. The third-order valence-electron chi connectivity index (χ3n) is 5.06. The van der Waals surface area contributed by atoms with Crippen LogP contribution in [0.1, 0.15) is 58.7 Å². The van der Waals surface area contributed by atoms with Crippen LogP contribution in [0.2, 0.25) is 0 Å². The zero-order chi connectivity index (χ0) is 25.5. The molecule has 0 saturated heterocycles. The number of esters is 2. The van der Waals surface area contributed by atoms with Gasteiger partial charge < -0.3 is 19.4 Å². The standard InChI is InChI=1S/C24H28N4O5S2/c1-6-9-28-21(16-11-19(14(2)3)34-12-16)26-27-24(28)35-13-20(29)25-18-10-15(22(30)32-4)7-8-17(18)23(31)33-5/h7-8,10-12,14H,6,9,13H2,1-5H3,(H,25,29). The summed E-state index contributed by atoms with van der Waals surface area (Å²) in [4.78, 5) is 38.1. The second kappa shape index (κ2) is 12.0. The Bertz CT molecular complexity index is 1220. The highest BCUT2D eigenvalue weighted by atomic mass is 32.2. The van der Waals surface area contributed by atoms with E-state index < -0.39 is 11.9 Å². The molecular formula is C24H28N4O5S2. The summed E-state index contributed by atoms with van der Waals surface area (Å²) in [5, 5.41) is 14.1. The summed E-state index contributed by atoms with van der Waals surface area (Å²) in [7, 11) is 2.50. The quantitative estimate of drug-likeness (QED) is 0.301. The fraction of sp³-hybridized carbons (Fsp3) is 0.375. The highest BCUT2D eigenvalue weighted by molar-refractivity contribution is 7.99. The van der Waals surface area contributed by atoms with Crippen LogP contribution in [0.4, 0.5) is 5.69 Å². The molecule has 0 unspecified atom stereocenters. The second-order valence-electron chi connectivity index (χ2n) is 7.93. The van der Waals surface area contributed by atoms with E-state index in [1.807, 2.05) is 4.57 Å². The van der Waals surface area contributed by atoms with Gasteiger partial charge in [-0.2, -0.15) is 0 Å². The predicted molar refractivity (Wildman–Crippen MR) is 136 cm³/mol. The number of carbonyl (C=O) groups excluding carboxylic acids is 3. The Morgan fingerprint density at radius 3 is 2.49 bits per heavy atom. The van der Waals surface area contributed by atoms with E-state index in [1.165, 1.54) is 49.1 Å². The van der Waals surface area contributed by atoms with Crippen molar-refractivity contribution in [2.75, 3.05) is 25.3 Å². The molecule has 3 aromatic rings. The largest absolute Gasteiger partial charge is 0.465 e. The number of thiophene rings is 1. The molecule has 2 aromatic heterocycles. The number of thioether (sulfide) groups is 1. The summed E-state index contributed by atoms with van der Waals surface area (Å²) in [6.45, 7) is 7.09. The van der Waals surface area contributed by atoms with Crippen molar-refractivity contribution in [1.29, 1.82) is 0 Å². The molecule has 1 amide bonds. The minimum absolute atomic E-state index is 0.0335. The summed E-state index contributed by atoms with van der Waals surface area (Å²) in [6, 6.07) is 6.38. The van der Waals surface area contributed by atoms with E-state index in [9.17, 15) is 14.4 Å². The number of hydrogen-bond acceptors (Lipinski definition) is 9. The van der Waals surface area contributed by atoms with E-state index in [0.717, 1.165) is 17.8 Å². The molecule has 186 valence electrons. The third-order valence-corrected chi connectivity index (χ3v) is 7.26. The first-order chi connectivity index (χ1) is 16.8. The van der Waals surface area contributed by atoms with Crippen molar-refractivity contribution in [3.05, 3.63) is 45.6 Å². The van der Waals surface area contributed by atoms with Crippen molar-refractivity contribution in [1.82, 2.24) is 14.8 Å². The van der Waals surface area contributed by atoms with Crippen LogP contribution in [0.3, 0.4) is 0 Å². The van der Waals surface area contributed by atoms with Crippen LogP contribution >= 0.6 is 23.1 Å². The van der Waals surface area contributed by atoms with Gasteiger partial charge in [-0.25, -0.2) is 9.59 Å². The van der Waals surface area contributed by atoms with Crippen molar-refractivity contribution in [3.8, 4) is 11.4 Å². The lowest BCUT2D eigenvalue weighted by Crippen LogP contribution is -2.18. The van der Waals surface area contributed by atoms with Crippen LogP contribution in [-0.2, 0) is 20.8 Å². The maximum atomic E-state index is 12.8. The average Bonchev–Trinajstić information content (AvgIpc) is 3.49. The lowest BCUT2D eigenvalue weighted by atomic mass is 10.1. The first-order valence-corrected chi connectivity index (χ1v) is 12.9. The number of methoxy groups -OCH3 is 2. The van der Waals surface area contributed by atoms with E-state index in [0.29, 0.717) is 17.6 Å². The zero-order valence-corrected chi connectivity index (χ0v) is 21.9. The van der Waals surface area contributed by atoms with E-state index in [-0.39, 0.29) is 28.5 Å². The summed E-state index contributed by atoms with van der Waals surface area (Å²) >= 11 is 2.95. The van der Waals surface area contributed by atoms with Crippen molar-refractivity contribution in [2.24, 2.45) is 0 Å². The van der Waals surface area contributed by atoms with Gasteiger partial charge in [0.1, 0.15) is 0 Å². The number of benzene rings is 1. The number of nitrogens with one attached hydrogen (secondary N) is 1. The first-order valence-electron chi connectivity index (χ1n) is 11.0. The molecule has 0 bridgehead atoms. The smallest absolute Gasteiger partial charge is 0.339 e. The molecule has 35 heavy (non-hydrogen) atoms. The number of amides is 1. The molecule has 0 radical (unpaired) electrons. The fourth-order valence-corrected chi connectivity index (χ4v) is 4.97. The molecule has 0 aliphatic rings. The van der Waals surface area contributed by atoms with Crippen molar-refractivity contribution >= 4 is 46.6 Å². The van der Waals surface area contributed by atoms with Gasteiger partial charge in [0.05, 0.1) is 36.8 Å². The minimum Gasteiger partial charge on any atom is -0.465 e. The number of hydrogen-bond donors (Lipinski definition) is 1. The van der Waals surface area contributed by atoms with Crippen LogP contribution in [0.5, 0.6) is 0 Å². The Morgan fingerprint density at radius 1 is 1.11 bits per heavy atom. The number of aromatic nitrogens is 3. The molecule has 0 atom stereocenters. The molecule has 0 fully saturated rings. The number of rotatable bonds is 10. The minimum atomic E-state index is -0.631. The lowest BCUT2D eigenvalue weighted by Gasteiger charge is -2.12. The van der Waals surface area contributed by atoms with Gasteiger partial charge in [0.2, 0.25) is 5.91 Å². The lowest BCUT2D eigenvalue weighted by molar-refractivity contribution is -0.113. The van der Waals surface area contributed by atoms with E-state index >= 15 is 0 Å². The first kappa shape index (κ1) is 26.4. The Hall–Kier alpha value is -3.18. The average molecular weight is 517 g/mol. The van der Waals surface area contributed by atoms with Gasteiger partial charge in [0.25, 0.3) is 0 Å². The SMILES string of the molecule is CCCn1c(SCC(=O)Nc2cc(C(=O)OC)ccc2C(=O)OC)nnc1-c1csc(C(C)C)c1. The van der Waals surface area contributed by atoms with Gasteiger partial charge in [0.15, 0.2) is 11.0 Å². The van der Waals surface area contributed by atoms with Gasteiger partial charge in [-0.3, -0.25) is 4.79 Å². The molecule has 2 heterocycles. The van der Waals surface area contributed by atoms with E-state index in [1.54, 1.807) is 11.3 Å². The van der Waals surface area contributed by atoms with Crippen LogP contribution in [-0.4, -0.2) is 52.6 Å². The Balaban J connectivity index is 1.78. The summed E-state index contributed by atoms with van der Waals surface area (Å²) < 4.78 is 11.5. The third kappa shape index (κ3) is 6.29. The van der Waals surface area contributed by atoms with Gasteiger partial charge in [-0.1, -0.05) is 32.5 Å². The Kier molecular flexibility index (Phi) is 9.05. The summed E-state index contributed by atoms with van der Waals surface area (Å²) in [6.07, 6.45) is 0.884. The molecule has 1 N–H and O–H groups in total. The topological polar surface area (TPSA) is 112 Å². The maximum absolute atomic E-state index is 12.8. The second-order valence-corrected chi connectivity index (χ2v) is 9.82. The summed E-state index contributed by atoms with van der Waals surface area (Å²) in [5.74, 6) is -0.342. The van der Waals surface area contributed by atoms with Crippen molar-refractivity contribution < 1.29 is 23.9 Å². The number of anilines is 1. The molecular weight excluding hydrogens is 488 g/mol. The van der Waals surface area contributed by atoms with Gasteiger partial charge >= 0.3 is 11.9 Å². The Morgan fingerprint density at radius 2 is 1.86 bits per heavy atom. The highest BCUT2D eigenvalue weighted by Gasteiger charge is 2.20. The van der Waals surface area contributed by atoms with Crippen LogP contribution in [0, 0.1) is 0 Å². The molecule has 0 aliphatic heterocycles. The highest BCUT2D eigenvalue weighted by Crippen LogP contribution is 2.31. The molecule has 3 rings (SSSR count). The zero-order valence-electron chi connectivity index (χ0n) is 20.3. The molecule has 0 spiro atoms. The monoisotopic (exact) mass is 516 g/mol. The molecule has 0 saturated carbocycles. The molecule has 1 aromatic carbocycles. The van der Waals surface area contributed by atoms with Crippen LogP contribution in [0.15, 0.2) is 34.8 Å². The fourth-order valence-electron chi connectivity index (χ4n) is 3.30. The van der Waals surface area contributed by atoms with Gasteiger partial charge in [-0.15, -0.1) is 21.5 Å². The van der Waals surface area contributed by atoms with Gasteiger partial charge in [0, 0.05) is 22.4 Å². The summed E-state index contributed by atoms with van der Waals surface area (Å²) in [5.41, 5.74) is 1.51. The van der Waals surface area contributed by atoms with E-state index in [4.69, 9.17) is 9.47 Å². The van der Waals surface area contributed by atoms with Crippen molar-refractivity contribution in [2.45, 2.75) is 44.8 Å². The Labute approximate surface area is 212 Å².